The van der Waals surface area contributed by atoms with Crippen molar-refractivity contribution in [3.63, 3.8) is 0 Å². The number of carbonyl (C=O) groups excluding carboxylic acids is 1. The van der Waals surface area contributed by atoms with Gasteiger partial charge in [0.25, 0.3) is 0 Å². The van der Waals surface area contributed by atoms with Crippen LogP contribution in [0.2, 0.25) is 0 Å². The van der Waals surface area contributed by atoms with Crippen LogP contribution < -0.4 is 20.5 Å². The van der Waals surface area contributed by atoms with Crippen LogP contribution in [-0.2, 0) is 11.2 Å². The summed E-state index contributed by atoms with van der Waals surface area (Å²) in [5, 5.41) is 2.76. The molecule has 0 unspecified atom stereocenters. The van der Waals surface area contributed by atoms with Crippen molar-refractivity contribution in [2.24, 2.45) is 0 Å². The molecule has 3 N–H and O–H groups in total. The Labute approximate surface area is 141 Å². The molecule has 0 saturated heterocycles. The van der Waals surface area contributed by atoms with E-state index in [1.54, 1.807) is 20.3 Å². The Morgan fingerprint density at radius 1 is 1.21 bits per heavy atom. The molecular formula is C17H22N4O3. The van der Waals surface area contributed by atoms with Crippen LogP contribution in [0.25, 0.3) is 11.3 Å². The topological polar surface area (TPSA) is 99.4 Å². The highest BCUT2D eigenvalue weighted by Crippen LogP contribution is 2.37. The Hall–Kier alpha value is -2.83. The zero-order valence-corrected chi connectivity index (χ0v) is 14.1. The van der Waals surface area contributed by atoms with E-state index >= 15 is 0 Å². The zero-order chi connectivity index (χ0) is 17.5. The van der Waals surface area contributed by atoms with Crippen LogP contribution >= 0.6 is 0 Å². The highest BCUT2D eigenvalue weighted by atomic mass is 16.5. The van der Waals surface area contributed by atoms with Crippen LogP contribution in [0.1, 0.15) is 19.0 Å². The molecule has 7 nitrogen and oxygen atoms in total. The van der Waals surface area contributed by atoms with Gasteiger partial charge in [-0.1, -0.05) is 6.07 Å². The third-order valence-corrected chi connectivity index (χ3v) is 3.46. The molecule has 1 aromatic heterocycles. The van der Waals surface area contributed by atoms with Gasteiger partial charge in [0.2, 0.25) is 11.9 Å². The second-order valence-corrected chi connectivity index (χ2v) is 5.09. The number of anilines is 1. The first-order valence-corrected chi connectivity index (χ1v) is 7.70. The van der Waals surface area contributed by atoms with E-state index in [4.69, 9.17) is 15.2 Å². The molecule has 2 aromatic rings. The van der Waals surface area contributed by atoms with Crippen molar-refractivity contribution in [2.75, 3.05) is 26.5 Å². The minimum atomic E-state index is -0.0221. The Morgan fingerprint density at radius 2 is 1.88 bits per heavy atom. The lowest BCUT2D eigenvalue weighted by Crippen LogP contribution is -2.23. The van der Waals surface area contributed by atoms with Gasteiger partial charge in [-0.15, -0.1) is 0 Å². The molecule has 0 aliphatic heterocycles. The Balaban J connectivity index is 2.37. The second kappa shape index (κ2) is 8.14. The van der Waals surface area contributed by atoms with Crippen LogP contribution in [0.4, 0.5) is 5.95 Å². The number of nitrogen functional groups attached to an aromatic ring is 1. The van der Waals surface area contributed by atoms with Gasteiger partial charge in [-0.2, -0.15) is 0 Å². The number of hydrogen-bond donors (Lipinski definition) is 2. The standard InChI is InChI=1S/C17H22N4O3/c1-4-19-15(22)9-8-11-10-12(21-17(18)20-11)16-13(23-2)6-5-7-14(16)24-3/h5-7,10H,4,8-9H2,1-3H3,(H,19,22)(H2,18,20,21). The first-order chi connectivity index (χ1) is 11.6. The van der Waals surface area contributed by atoms with Gasteiger partial charge in [0.05, 0.1) is 25.5 Å². The van der Waals surface area contributed by atoms with Gasteiger partial charge in [-0.3, -0.25) is 4.79 Å². The van der Waals surface area contributed by atoms with Crippen LogP contribution in [0.3, 0.4) is 0 Å². The summed E-state index contributed by atoms with van der Waals surface area (Å²) >= 11 is 0. The molecule has 7 heteroatoms. The van der Waals surface area contributed by atoms with Gasteiger partial charge >= 0.3 is 0 Å². The molecule has 0 radical (unpaired) electrons. The number of amides is 1. The first kappa shape index (κ1) is 17.5. The SMILES string of the molecule is CCNC(=O)CCc1cc(-c2c(OC)cccc2OC)nc(N)n1. The third-order valence-electron chi connectivity index (χ3n) is 3.46. The number of nitrogens with zero attached hydrogens (tertiary/aromatic N) is 2. The molecule has 0 fully saturated rings. The van der Waals surface area contributed by atoms with Crippen molar-refractivity contribution in [3.8, 4) is 22.8 Å². The number of nitrogens with two attached hydrogens (primary N) is 1. The molecule has 24 heavy (non-hydrogen) atoms. The highest BCUT2D eigenvalue weighted by Gasteiger charge is 2.16. The van der Waals surface area contributed by atoms with Crippen molar-refractivity contribution in [2.45, 2.75) is 19.8 Å². The molecule has 0 bridgehead atoms. The van der Waals surface area contributed by atoms with Crippen LogP contribution in [0.5, 0.6) is 11.5 Å². The number of methoxy groups -OCH3 is 2. The van der Waals surface area contributed by atoms with E-state index in [-0.39, 0.29) is 11.9 Å². The molecule has 0 spiro atoms. The number of rotatable bonds is 7. The fourth-order valence-corrected chi connectivity index (χ4v) is 2.40. The number of carbonyl (C=O) groups is 1. The van der Waals surface area contributed by atoms with E-state index in [1.165, 1.54) is 0 Å². The van der Waals surface area contributed by atoms with Gasteiger partial charge < -0.3 is 20.5 Å². The van der Waals surface area contributed by atoms with Gasteiger partial charge in [0.1, 0.15) is 11.5 Å². The largest absolute Gasteiger partial charge is 0.496 e. The van der Waals surface area contributed by atoms with E-state index < -0.39 is 0 Å². The third kappa shape index (κ3) is 4.13. The van der Waals surface area contributed by atoms with Crippen molar-refractivity contribution in [3.05, 3.63) is 30.0 Å². The summed E-state index contributed by atoms with van der Waals surface area (Å²) in [5.74, 6) is 1.38. The lowest BCUT2D eigenvalue weighted by molar-refractivity contribution is -0.120. The molecule has 128 valence electrons. The van der Waals surface area contributed by atoms with Crippen LogP contribution in [0, 0.1) is 0 Å². The normalized spacial score (nSPS) is 10.3. The summed E-state index contributed by atoms with van der Waals surface area (Å²) in [6.45, 7) is 2.49. The second-order valence-electron chi connectivity index (χ2n) is 5.09. The summed E-state index contributed by atoms with van der Waals surface area (Å²) in [7, 11) is 3.16. The molecule has 1 amide bonds. The number of aryl methyl sites for hydroxylation is 1. The van der Waals surface area contributed by atoms with Crippen LogP contribution in [0.15, 0.2) is 24.3 Å². The van der Waals surface area contributed by atoms with E-state index in [9.17, 15) is 4.79 Å². The average Bonchev–Trinajstić information content (AvgIpc) is 2.59. The lowest BCUT2D eigenvalue weighted by atomic mass is 10.1. The Morgan fingerprint density at radius 3 is 2.46 bits per heavy atom. The van der Waals surface area contributed by atoms with Crippen molar-refractivity contribution in [1.82, 2.24) is 15.3 Å². The highest BCUT2D eigenvalue weighted by molar-refractivity contribution is 5.77. The molecule has 1 heterocycles. The van der Waals surface area contributed by atoms with E-state index in [1.807, 2.05) is 25.1 Å². The maximum absolute atomic E-state index is 11.6. The molecular weight excluding hydrogens is 308 g/mol. The molecule has 0 saturated carbocycles. The molecule has 1 aromatic carbocycles. The van der Waals surface area contributed by atoms with Gasteiger partial charge in [-0.25, -0.2) is 9.97 Å². The number of aromatic nitrogens is 2. The van der Waals surface area contributed by atoms with Crippen molar-refractivity contribution < 1.29 is 14.3 Å². The fourth-order valence-electron chi connectivity index (χ4n) is 2.40. The number of hydrogen-bond acceptors (Lipinski definition) is 6. The number of nitrogens with one attached hydrogen (secondary N) is 1. The smallest absolute Gasteiger partial charge is 0.220 e. The summed E-state index contributed by atoms with van der Waals surface area (Å²) < 4.78 is 10.8. The van der Waals surface area contributed by atoms with Crippen LogP contribution in [-0.4, -0.2) is 36.6 Å². The minimum absolute atomic E-state index is 0.0221. The maximum Gasteiger partial charge on any atom is 0.220 e. The number of benzene rings is 1. The average molecular weight is 330 g/mol. The zero-order valence-electron chi connectivity index (χ0n) is 14.1. The van der Waals surface area contributed by atoms with Gasteiger partial charge in [0.15, 0.2) is 0 Å². The molecule has 0 atom stereocenters. The first-order valence-electron chi connectivity index (χ1n) is 7.70. The van der Waals surface area contributed by atoms with Gasteiger partial charge in [-0.05, 0) is 31.5 Å². The quantitative estimate of drug-likeness (QED) is 0.803. The predicted molar refractivity (Wildman–Crippen MR) is 92.0 cm³/mol. The summed E-state index contributed by atoms with van der Waals surface area (Å²) in [6, 6.07) is 7.28. The van der Waals surface area contributed by atoms with E-state index in [0.29, 0.717) is 47.8 Å². The summed E-state index contributed by atoms with van der Waals surface area (Å²) in [5.41, 5.74) is 7.84. The Kier molecular flexibility index (Phi) is 5.95. The predicted octanol–water partition coefficient (Wildman–Crippen LogP) is 1.81. The Bertz CT molecular complexity index is 697. The fraction of sp³-hybridized carbons (Fsp3) is 0.353. The van der Waals surface area contributed by atoms with Crippen molar-refractivity contribution >= 4 is 11.9 Å². The van der Waals surface area contributed by atoms with Crippen molar-refractivity contribution in [1.29, 1.82) is 0 Å². The number of ether oxygens (including phenoxy) is 2. The van der Waals surface area contributed by atoms with Gasteiger partial charge in [0, 0.05) is 18.7 Å². The monoisotopic (exact) mass is 330 g/mol. The molecule has 2 rings (SSSR count). The minimum Gasteiger partial charge on any atom is -0.496 e. The summed E-state index contributed by atoms with van der Waals surface area (Å²) in [4.78, 5) is 20.1. The van der Waals surface area contributed by atoms with E-state index in [0.717, 1.165) is 0 Å². The molecule has 0 aliphatic carbocycles. The molecule has 0 aliphatic rings. The maximum atomic E-state index is 11.6. The van der Waals surface area contributed by atoms with E-state index in [2.05, 4.69) is 15.3 Å². The summed E-state index contributed by atoms with van der Waals surface area (Å²) in [6.07, 6.45) is 0.815. The lowest BCUT2D eigenvalue weighted by Gasteiger charge is -2.13.